The zero-order valence-corrected chi connectivity index (χ0v) is 30.2. The second kappa shape index (κ2) is 16.0. The number of rotatable bonds is 15. The first kappa shape index (κ1) is 31.9. The molecule has 6 rings (SSSR count). The molecule has 4 aromatic heterocycles. The van der Waals surface area contributed by atoms with Crippen LogP contribution in [-0.4, -0.2) is 11.5 Å². The summed E-state index contributed by atoms with van der Waals surface area (Å²) in [6.45, 7) is 4.53. The van der Waals surface area contributed by atoms with Gasteiger partial charge in [-0.05, 0) is 95.1 Å². The predicted molar refractivity (Wildman–Crippen MR) is 207 cm³/mol. The van der Waals surface area contributed by atoms with Crippen molar-refractivity contribution in [1.29, 1.82) is 0 Å². The second-order valence-corrected chi connectivity index (χ2v) is 17.5. The first-order valence-electron chi connectivity index (χ1n) is 15.4. The second-order valence-electron chi connectivity index (χ2n) is 10.8. The smallest absolute Gasteiger partial charge is 0.0449 e. The fourth-order valence-corrected chi connectivity index (χ4v) is 11.6. The van der Waals surface area contributed by atoms with E-state index in [-0.39, 0.29) is 0 Å². The highest BCUT2D eigenvalue weighted by molar-refractivity contribution is 7.98. The topological polar surface area (TPSA) is 0 Å². The third kappa shape index (κ3) is 8.20. The van der Waals surface area contributed by atoms with Gasteiger partial charge in [-0.3, -0.25) is 0 Å². The minimum atomic E-state index is 1.13. The quantitative estimate of drug-likeness (QED) is 0.0986. The lowest BCUT2D eigenvalue weighted by Gasteiger charge is -2.05. The van der Waals surface area contributed by atoms with E-state index < -0.39 is 0 Å². The van der Waals surface area contributed by atoms with Crippen LogP contribution in [0.4, 0.5) is 0 Å². The van der Waals surface area contributed by atoms with Crippen molar-refractivity contribution in [1.82, 2.24) is 0 Å². The average molecular weight is 687 g/mol. The average Bonchev–Trinajstić information content (AvgIpc) is 3.89. The number of hydrogen-bond acceptors (Lipinski definition) is 6. The summed E-state index contributed by atoms with van der Waals surface area (Å²) in [6, 6.07) is 36.5. The summed E-state index contributed by atoms with van der Waals surface area (Å²) in [5, 5.41) is 0. The van der Waals surface area contributed by atoms with E-state index in [0.29, 0.717) is 0 Å². The van der Waals surface area contributed by atoms with Crippen molar-refractivity contribution in [2.45, 2.75) is 51.0 Å². The Labute approximate surface area is 287 Å². The van der Waals surface area contributed by atoms with Crippen molar-refractivity contribution in [3.8, 4) is 51.5 Å². The third-order valence-electron chi connectivity index (χ3n) is 7.47. The summed E-state index contributed by atoms with van der Waals surface area (Å²) in [4.78, 5) is 11.1. The number of benzene rings is 2. The van der Waals surface area contributed by atoms with Gasteiger partial charge in [0, 0.05) is 50.5 Å². The summed E-state index contributed by atoms with van der Waals surface area (Å²) in [6.07, 6.45) is 5.18. The van der Waals surface area contributed by atoms with E-state index in [9.17, 15) is 0 Å². The van der Waals surface area contributed by atoms with Crippen LogP contribution in [0, 0.1) is 0 Å². The molecule has 0 saturated carbocycles. The van der Waals surface area contributed by atoms with Gasteiger partial charge in [-0.25, -0.2) is 0 Å². The maximum Gasteiger partial charge on any atom is 0.0449 e. The number of hydrogen-bond donors (Lipinski definition) is 0. The zero-order chi connectivity index (χ0) is 30.1. The van der Waals surface area contributed by atoms with Crippen LogP contribution in [0.2, 0.25) is 0 Å². The fourth-order valence-electron chi connectivity index (χ4n) is 4.92. The summed E-state index contributed by atoms with van der Waals surface area (Å²) in [7, 11) is 0. The van der Waals surface area contributed by atoms with E-state index in [1.807, 2.05) is 45.3 Å². The highest BCUT2D eigenvalue weighted by Crippen LogP contribution is 2.40. The Morgan fingerprint density at radius 3 is 1.14 bits per heavy atom. The van der Waals surface area contributed by atoms with Crippen LogP contribution in [0.1, 0.15) is 49.3 Å². The highest BCUT2D eigenvalue weighted by Gasteiger charge is 2.11. The van der Waals surface area contributed by atoms with Crippen LogP contribution in [0.25, 0.3) is 51.5 Å². The maximum atomic E-state index is 2.31. The Morgan fingerprint density at radius 2 is 0.727 bits per heavy atom. The largest absolute Gasteiger partial charge is 0.156 e. The van der Waals surface area contributed by atoms with Crippen molar-refractivity contribution in [3.63, 3.8) is 0 Å². The van der Waals surface area contributed by atoms with E-state index in [1.165, 1.54) is 98.5 Å². The lowest BCUT2D eigenvalue weighted by Crippen LogP contribution is -1.79. The van der Waals surface area contributed by atoms with Gasteiger partial charge in [0.2, 0.25) is 0 Å². The van der Waals surface area contributed by atoms with Gasteiger partial charge >= 0.3 is 0 Å². The lowest BCUT2D eigenvalue weighted by atomic mass is 10.0. The van der Waals surface area contributed by atoms with Crippen LogP contribution >= 0.6 is 68.9 Å². The van der Waals surface area contributed by atoms with Gasteiger partial charge in [0.15, 0.2) is 0 Å². The van der Waals surface area contributed by atoms with Gasteiger partial charge in [-0.1, -0.05) is 75.2 Å². The van der Waals surface area contributed by atoms with Gasteiger partial charge in [-0.2, -0.15) is 23.5 Å². The molecule has 0 aliphatic rings. The third-order valence-corrected chi connectivity index (χ3v) is 14.8. The molecule has 4 heterocycles. The van der Waals surface area contributed by atoms with Gasteiger partial charge in [0.25, 0.3) is 0 Å². The number of thiophene rings is 4. The summed E-state index contributed by atoms with van der Waals surface area (Å²) in [5.41, 5.74) is 5.09. The molecule has 0 bridgehead atoms. The van der Waals surface area contributed by atoms with Crippen molar-refractivity contribution in [3.05, 3.63) is 107 Å². The standard InChI is InChI=1S/C38H38S6/c1-3-5-23-39-25-31-15-17-35(41-31)37-21-19-33(43-37)29-11-7-27(8-12-29)28-9-13-30(14-10-28)34-20-22-38(44-34)36-18-16-32(42-36)26-40-24-6-4-2/h7-22H,3-6,23-26H2,1-2H3. The number of unbranched alkanes of at least 4 members (excludes halogenated alkanes) is 2. The summed E-state index contributed by atoms with van der Waals surface area (Å²) >= 11 is 11.8. The van der Waals surface area contributed by atoms with E-state index >= 15 is 0 Å². The Morgan fingerprint density at radius 1 is 0.386 bits per heavy atom. The molecule has 0 nitrogen and oxygen atoms in total. The number of thioether (sulfide) groups is 2. The molecule has 0 radical (unpaired) electrons. The van der Waals surface area contributed by atoms with Gasteiger partial charge < -0.3 is 0 Å². The molecule has 0 amide bonds. The molecule has 2 aromatic carbocycles. The van der Waals surface area contributed by atoms with E-state index in [4.69, 9.17) is 0 Å². The molecule has 44 heavy (non-hydrogen) atoms. The first-order valence-corrected chi connectivity index (χ1v) is 21.0. The molecule has 6 heteroatoms. The lowest BCUT2D eigenvalue weighted by molar-refractivity contribution is 0.896. The minimum absolute atomic E-state index is 1.13. The van der Waals surface area contributed by atoms with Gasteiger partial charge in [-0.15, -0.1) is 45.3 Å². The van der Waals surface area contributed by atoms with Crippen molar-refractivity contribution >= 4 is 68.9 Å². The SMILES string of the molecule is CCCCSCc1ccc(-c2ccc(-c3ccc(-c4ccc(-c5ccc(-c6ccc(CSCCCC)s6)s5)cc4)cc3)s2)s1. The van der Waals surface area contributed by atoms with Crippen LogP contribution < -0.4 is 0 Å². The molecule has 6 aromatic rings. The summed E-state index contributed by atoms with van der Waals surface area (Å²) in [5.74, 6) is 4.79. The van der Waals surface area contributed by atoms with Gasteiger partial charge in [0.1, 0.15) is 0 Å². The molecule has 0 aliphatic carbocycles. The van der Waals surface area contributed by atoms with Crippen molar-refractivity contribution in [2.24, 2.45) is 0 Å². The molecule has 0 saturated heterocycles. The summed E-state index contributed by atoms with van der Waals surface area (Å²) < 4.78 is 0. The normalized spacial score (nSPS) is 11.4. The maximum absolute atomic E-state index is 2.31. The Hall–Kier alpha value is -2.06. The van der Waals surface area contributed by atoms with Gasteiger partial charge in [0.05, 0.1) is 0 Å². The first-order chi connectivity index (χ1) is 21.7. The molecule has 0 spiro atoms. The fraction of sp³-hybridized carbons (Fsp3) is 0.263. The van der Waals surface area contributed by atoms with Crippen LogP contribution in [-0.2, 0) is 11.5 Å². The molecule has 0 N–H and O–H groups in total. The molecule has 0 aliphatic heterocycles. The van der Waals surface area contributed by atoms with E-state index in [2.05, 4.69) is 134 Å². The molecular weight excluding hydrogens is 649 g/mol. The molecule has 0 atom stereocenters. The minimum Gasteiger partial charge on any atom is -0.156 e. The molecule has 226 valence electrons. The van der Waals surface area contributed by atoms with E-state index in [1.54, 1.807) is 0 Å². The van der Waals surface area contributed by atoms with Crippen LogP contribution in [0.5, 0.6) is 0 Å². The Kier molecular flexibility index (Phi) is 11.6. The Balaban J connectivity index is 1.07. The van der Waals surface area contributed by atoms with Crippen molar-refractivity contribution < 1.29 is 0 Å². The zero-order valence-electron chi connectivity index (χ0n) is 25.3. The molecular formula is C38H38S6. The monoisotopic (exact) mass is 686 g/mol. The van der Waals surface area contributed by atoms with Crippen LogP contribution in [0.3, 0.4) is 0 Å². The Bertz CT molecular complexity index is 1600. The highest BCUT2D eigenvalue weighted by atomic mass is 32.2. The molecule has 0 unspecified atom stereocenters. The predicted octanol–water partition coefficient (Wildman–Crippen LogP) is 14.3. The van der Waals surface area contributed by atoms with Crippen molar-refractivity contribution in [2.75, 3.05) is 11.5 Å². The molecule has 0 fully saturated rings. The van der Waals surface area contributed by atoms with E-state index in [0.717, 1.165) is 11.5 Å². The van der Waals surface area contributed by atoms with Crippen LogP contribution in [0.15, 0.2) is 97.1 Å².